The molecule has 164 valence electrons. The Bertz CT molecular complexity index is 691. The van der Waals surface area contributed by atoms with Gasteiger partial charge in [0.05, 0.1) is 17.6 Å². The Morgan fingerprint density at radius 3 is 2.62 bits per heavy atom. The molecule has 0 aromatic rings. The Morgan fingerprint density at radius 2 is 1.93 bits per heavy atom. The van der Waals surface area contributed by atoms with Crippen molar-refractivity contribution in [3.8, 4) is 0 Å². The first-order valence-corrected chi connectivity index (χ1v) is 11.7. The average Bonchev–Trinajstić information content (AvgIpc) is 2.90. The monoisotopic (exact) mass is 406 g/mol. The van der Waals surface area contributed by atoms with Crippen LogP contribution in [0.1, 0.15) is 85.0 Å². The van der Waals surface area contributed by atoms with Gasteiger partial charge in [0.2, 0.25) is 0 Å². The van der Waals surface area contributed by atoms with Gasteiger partial charge in [-0.3, -0.25) is 9.59 Å². The molecule has 0 unspecified atom stereocenters. The highest BCUT2D eigenvalue weighted by molar-refractivity contribution is 5.86. The normalized spacial score (nSPS) is 48.7. The third-order valence-electron chi connectivity index (χ3n) is 9.69. The lowest BCUT2D eigenvalue weighted by Crippen LogP contribution is -2.60. The van der Waals surface area contributed by atoms with Crippen molar-refractivity contribution in [1.29, 1.82) is 0 Å². The molecule has 4 aliphatic carbocycles. The second kappa shape index (κ2) is 7.05. The van der Waals surface area contributed by atoms with E-state index in [9.17, 15) is 19.8 Å². The van der Waals surface area contributed by atoms with Crippen molar-refractivity contribution in [1.82, 2.24) is 0 Å². The molecule has 1 spiro atoms. The van der Waals surface area contributed by atoms with Crippen LogP contribution in [0.2, 0.25) is 0 Å². The van der Waals surface area contributed by atoms with Gasteiger partial charge in [-0.05, 0) is 86.9 Å². The number of rotatable bonds is 5. The number of esters is 1. The minimum absolute atomic E-state index is 0.0176. The van der Waals surface area contributed by atoms with Crippen molar-refractivity contribution >= 4 is 11.8 Å². The molecular formula is C24H38O5. The zero-order valence-corrected chi connectivity index (χ0v) is 18.3. The average molecular weight is 407 g/mol. The number of aliphatic hydroxyl groups excluding tert-OH is 1. The van der Waals surface area contributed by atoms with Crippen LogP contribution in [0.5, 0.6) is 0 Å². The minimum atomic E-state index is -0.929. The van der Waals surface area contributed by atoms with Gasteiger partial charge in [0.15, 0.2) is 0 Å². The van der Waals surface area contributed by atoms with E-state index in [1.54, 1.807) is 0 Å². The number of ketones is 1. The molecule has 0 heterocycles. The number of fused-ring (bicyclic) bond motifs is 3. The van der Waals surface area contributed by atoms with Crippen LogP contribution in [-0.4, -0.2) is 40.8 Å². The number of hydrogen-bond acceptors (Lipinski definition) is 5. The number of carbonyl (C=O) groups is 2. The van der Waals surface area contributed by atoms with Gasteiger partial charge < -0.3 is 14.9 Å². The molecular weight excluding hydrogens is 368 g/mol. The summed E-state index contributed by atoms with van der Waals surface area (Å²) in [5, 5.41) is 21.0. The molecule has 5 heteroatoms. The van der Waals surface area contributed by atoms with Gasteiger partial charge in [-0.2, -0.15) is 0 Å². The second-order valence-electron chi connectivity index (χ2n) is 11.2. The first kappa shape index (κ1) is 21.3. The van der Waals surface area contributed by atoms with Gasteiger partial charge in [0, 0.05) is 12.8 Å². The van der Waals surface area contributed by atoms with Crippen LogP contribution >= 0.6 is 0 Å². The van der Waals surface area contributed by atoms with Gasteiger partial charge in [0.25, 0.3) is 0 Å². The van der Waals surface area contributed by atoms with Crippen LogP contribution in [0.15, 0.2) is 0 Å². The quantitative estimate of drug-likeness (QED) is 0.681. The minimum Gasteiger partial charge on any atom is -0.465 e. The van der Waals surface area contributed by atoms with E-state index in [0.29, 0.717) is 25.2 Å². The number of carbonyl (C=O) groups excluding carboxylic acids is 2. The van der Waals surface area contributed by atoms with Gasteiger partial charge in [-0.15, -0.1) is 0 Å². The van der Waals surface area contributed by atoms with E-state index < -0.39 is 11.0 Å². The molecule has 29 heavy (non-hydrogen) atoms. The Kier molecular flexibility index (Phi) is 5.18. The number of Topliss-reactive ketones (excluding diaryl/α,β-unsaturated/α-hetero) is 1. The van der Waals surface area contributed by atoms with Crippen molar-refractivity contribution in [2.45, 2.75) is 90.6 Å². The summed E-state index contributed by atoms with van der Waals surface area (Å²) in [5.74, 6) is 0.915. The van der Waals surface area contributed by atoms with Crippen LogP contribution in [0.3, 0.4) is 0 Å². The third kappa shape index (κ3) is 3.02. The lowest BCUT2D eigenvalue weighted by Gasteiger charge is -2.63. The molecule has 0 aromatic heterocycles. The Hall–Kier alpha value is -0.940. The van der Waals surface area contributed by atoms with E-state index in [0.717, 1.165) is 44.9 Å². The lowest BCUT2D eigenvalue weighted by molar-refractivity contribution is -0.180. The summed E-state index contributed by atoms with van der Waals surface area (Å²) in [4.78, 5) is 25.1. The highest BCUT2D eigenvalue weighted by atomic mass is 16.5. The zero-order valence-electron chi connectivity index (χ0n) is 18.3. The molecule has 4 rings (SSSR count). The van der Waals surface area contributed by atoms with Gasteiger partial charge >= 0.3 is 5.97 Å². The largest absolute Gasteiger partial charge is 0.465 e. The zero-order chi connectivity index (χ0) is 21.1. The molecule has 0 amide bonds. The molecule has 2 N–H and O–H groups in total. The van der Waals surface area contributed by atoms with Gasteiger partial charge in [0.1, 0.15) is 12.4 Å². The molecule has 5 nitrogen and oxygen atoms in total. The predicted molar refractivity (Wildman–Crippen MR) is 109 cm³/mol. The molecule has 0 aliphatic heterocycles. The number of ether oxygens (including phenoxy) is 1. The molecule has 4 aliphatic rings. The number of hydrogen-bond donors (Lipinski definition) is 2. The summed E-state index contributed by atoms with van der Waals surface area (Å²) >= 11 is 0. The van der Waals surface area contributed by atoms with E-state index in [1.165, 1.54) is 0 Å². The smallest absolute Gasteiger partial charge is 0.305 e. The Morgan fingerprint density at radius 1 is 1.17 bits per heavy atom. The van der Waals surface area contributed by atoms with Crippen LogP contribution in [0, 0.1) is 34.0 Å². The van der Waals surface area contributed by atoms with Crippen molar-refractivity contribution in [3.05, 3.63) is 0 Å². The summed E-state index contributed by atoms with van der Waals surface area (Å²) in [6.45, 7) is 6.40. The molecule has 4 fully saturated rings. The topological polar surface area (TPSA) is 83.8 Å². The van der Waals surface area contributed by atoms with Crippen molar-refractivity contribution in [2.24, 2.45) is 34.0 Å². The maximum atomic E-state index is 13.1. The first-order valence-electron chi connectivity index (χ1n) is 11.7. The summed E-state index contributed by atoms with van der Waals surface area (Å²) in [6.07, 6.45) is 8.28. The van der Waals surface area contributed by atoms with Crippen molar-refractivity contribution in [3.63, 3.8) is 0 Å². The summed E-state index contributed by atoms with van der Waals surface area (Å²) < 4.78 is 5.60. The highest BCUT2D eigenvalue weighted by Gasteiger charge is 2.68. The second-order valence-corrected chi connectivity index (χ2v) is 11.2. The van der Waals surface area contributed by atoms with E-state index in [4.69, 9.17) is 4.74 Å². The van der Waals surface area contributed by atoms with Crippen LogP contribution in [-0.2, 0) is 14.3 Å². The lowest BCUT2D eigenvalue weighted by atomic mass is 9.41. The van der Waals surface area contributed by atoms with E-state index in [2.05, 4.69) is 6.92 Å². The van der Waals surface area contributed by atoms with Gasteiger partial charge in [-0.1, -0.05) is 13.8 Å². The summed E-state index contributed by atoms with van der Waals surface area (Å²) in [7, 11) is 0. The van der Waals surface area contributed by atoms with Crippen LogP contribution in [0.25, 0.3) is 0 Å². The van der Waals surface area contributed by atoms with Gasteiger partial charge in [-0.25, -0.2) is 0 Å². The maximum Gasteiger partial charge on any atom is 0.305 e. The predicted octanol–water partition coefficient (Wildman–Crippen LogP) is 3.65. The molecule has 4 saturated carbocycles. The van der Waals surface area contributed by atoms with E-state index >= 15 is 0 Å². The SMILES string of the molecule is CCCC(=O)OC[C@]1(C)C(=O)CC[C@@]2(C)[C@@H]3CC[C@@H]4C[C@@]3(CC[C@@H]21)C[C@@]4(O)CO. The Balaban J connectivity index is 1.62. The van der Waals surface area contributed by atoms with E-state index in [-0.39, 0.29) is 47.6 Å². The maximum absolute atomic E-state index is 13.1. The first-order chi connectivity index (χ1) is 13.6. The third-order valence-corrected chi connectivity index (χ3v) is 9.69. The molecule has 0 radical (unpaired) electrons. The standard InChI is InChI=1S/C24H38O5/c1-4-5-20(27)29-15-22(3)17-8-11-23-12-16(24(28,13-23)14-25)6-7-18(23)21(17,2)10-9-19(22)26/h16-18,25,28H,4-15H2,1-3H3/t16-,17+,18+,21-,22+,23+,24-/m1/s1. The van der Waals surface area contributed by atoms with Crippen LogP contribution < -0.4 is 0 Å². The Labute approximate surface area is 174 Å². The molecule has 0 saturated heterocycles. The fourth-order valence-electron chi connectivity index (χ4n) is 8.35. The fourth-order valence-corrected chi connectivity index (χ4v) is 8.35. The van der Waals surface area contributed by atoms with Crippen molar-refractivity contribution in [2.75, 3.05) is 13.2 Å². The molecule has 0 aromatic carbocycles. The summed E-state index contributed by atoms with van der Waals surface area (Å²) in [5.41, 5.74) is -1.43. The molecule has 2 bridgehead atoms. The van der Waals surface area contributed by atoms with Crippen molar-refractivity contribution < 1.29 is 24.5 Å². The fraction of sp³-hybridized carbons (Fsp3) is 0.917. The van der Waals surface area contributed by atoms with E-state index in [1.807, 2.05) is 13.8 Å². The highest BCUT2D eigenvalue weighted by Crippen LogP contribution is 2.72. The molecule has 7 atom stereocenters. The van der Waals surface area contributed by atoms with Crippen LogP contribution in [0.4, 0.5) is 0 Å². The summed E-state index contributed by atoms with van der Waals surface area (Å²) in [6, 6.07) is 0. The number of aliphatic hydroxyl groups is 2.